The molecule has 1 aromatic carbocycles. The van der Waals surface area contributed by atoms with Gasteiger partial charge in [0.05, 0.1) is 0 Å². The van der Waals surface area contributed by atoms with Crippen molar-refractivity contribution in [3.8, 4) is 0 Å². The van der Waals surface area contributed by atoms with E-state index in [0.29, 0.717) is 5.56 Å². The summed E-state index contributed by atoms with van der Waals surface area (Å²) >= 11 is 6.82. The molecule has 1 atom stereocenters. The third-order valence-corrected chi connectivity index (χ3v) is 5.27. The second-order valence-electron chi connectivity index (χ2n) is 6.38. The quantitative estimate of drug-likeness (QED) is 0.531. The fraction of sp³-hybridized carbons (Fsp3) is 0.333. The predicted molar refractivity (Wildman–Crippen MR) is 105 cm³/mol. The molecule has 2 heterocycles. The SMILES string of the molecule is C[C@]1(c2cc(CC(=O)c3csc(Cl)n3)ccc2F)N=C(N)COCC1(F)F.O=CO. The maximum Gasteiger partial charge on any atom is 0.299 e. The van der Waals surface area contributed by atoms with E-state index in [-0.39, 0.29) is 46.8 Å². The molecule has 0 radical (unpaired) electrons. The molecular weight excluding hydrogens is 447 g/mol. The molecule has 7 nitrogen and oxygen atoms in total. The highest BCUT2D eigenvalue weighted by Gasteiger charge is 2.54. The number of amidine groups is 1. The first kappa shape index (κ1) is 23.8. The van der Waals surface area contributed by atoms with E-state index in [2.05, 4.69) is 9.98 Å². The first-order valence-corrected chi connectivity index (χ1v) is 9.60. The molecule has 2 aromatic rings. The minimum absolute atomic E-state index is 0.148. The van der Waals surface area contributed by atoms with Crippen LogP contribution >= 0.6 is 22.9 Å². The number of alkyl halides is 2. The topological polar surface area (TPSA) is 115 Å². The number of carboxylic acid groups (broad SMARTS) is 1. The van der Waals surface area contributed by atoms with Gasteiger partial charge in [-0.05, 0) is 24.6 Å². The maximum atomic E-state index is 14.7. The van der Waals surface area contributed by atoms with Crippen LogP contribution in [0.3, 0.4) is 0 Å². The number of halogens is 4. The van der Waals surface area contributed by atoms with Crippen LogP contribution < -0.4 is 5.73 Å². The number of aliphatic imine (C=N–C) groups is 1. The van der Waals surface area contributed by atoms with Gasteiger partial charge in [0.25, 0.3) is 12.4 Å². The Morgan fingerprint density at radius 1 is 1.47 bits per heavy atom. The maximum absolute atomic E-state index is 14.7. The lowest BCUT2D eigenvalue weighted by molar-refractivity contribution is -0.122. The number of ketones is 1. The molecular formula is C18H17ClF3N3O4S. The van der Waals surface area contributed by atoms with Crippen LogP contribution in [0, 0.1) is 5.82 Å². The van der Waals surface area contributed by atoms with Crippen molar-refractivity contribution in [2.24, 2.45) is 10.7 Å². The Kier molecular flexibility index (Phi) is 7.56. The molecule has 0 bridgehead atoms. The minimum atomic E-state index is -3.50. The molecule has 0 spiro atoms. The van der Waals surface area contributed by atoms with Gasteiger partial charge in [0, 0.05) is 17.4 Å². The molecule has 0 fully saturated rings. The first-order chi connectivity index (χ1) is 14.0. The normalized spacial score (nSPS) is 20.4. The number of thiazole rings is 1. The highest BCUT2D eigenvalue weighted by molar-refractivity contribution is 7.14. The van der Waals surface area contributed by atoms with E-state index in [9.17, 15) is 18.0 Å². The van der Waals surface area contributed by atoms with Crippen molar-refractivity contribution in [3.05, 3.63) is 50.7 Å². The van der Waals surface area contributed by atoms with Gasteiger partial charge in [0.1, 0.15) is 30.6 Å². The lowest BCUT2D eigenvalue weighted by Crippen LogP contribution is -2.45. The van der Waals surface area contributed by atoms with Crippen molar-refractivity contribution in [2.45, 2.75) is 24.8 Å². The molecule has 3 N–H and O–H groups in total. The molecule has 0 saturated carbocycles. The Morgan fingerprint density at radius 2 is 2.13 bits per heavy atom. The lowest BCUT2D eigenvalue weighted by atomic mass is 9.84. The number of rotatable bonds is 4. The van der Waals surface area contributed by atoms with Crippen LogP contribution in [0.2, 0.25) is 4.47 Å². The van der Waals surface area contributed by atoms with Crippen LogP contribution in [-0.2, 0) is 21.5 Å². The van der Waals surface area contributed by atoms with Crippen molar-refractivity contribution in [1.29, 1.82) is 0 Å². The zero-order valence-corrected chi connectivity index (χ0v) is 17.1. The number of hydrogen-bond acceptors (Lipinski definition) is 7. The average Bonchev–Trinajstić information content (AvgIpc) is 3.06. The smallest absolute Gasteiger partial charge is 0.299 e. The van der Waals surface area contributed by atoms with Gasteiger partial charge in [-0.1, -0.05) is 17.7 Å². The molecule has 12 heteroatoms. The van der Waals surface area contributed by atoms with Gasteiger partial charge in [0.2, 0.25) is 0 Å². The number of hydrogen-bond donors (Lipinski definition) is 2. The van der Waals surface area contributed by atoms with Crippen LogP contribution in [0.1, 0.15) is 28.5 Å². The van der Waals surface area contributed by atoms with Gasteiger partial charge < -0.3 is 15.6 Å². The van der Waals surface area contributed by atoms with Crippen molar-refractivity contribution < 1.29 is 32.6 Å². The monoisotopic (exact) mass is 463 g/mol. The van der Waals surface area contributed by atoms with Crippen LogP contribution in [0.15, 0.2) is 28.6 Å². The first-order valence-electron chi connectivity index (χ1n) is 8.35. The third kappa shape index (κ3) is 5.15. The van der Waals surface area contributed by atoms with Gasteiger partial charge in [-0.3, -0.25) is 14.6 Å². The van der Waals surface area contributed by atoms with Gasteiger partial charge in [-0.2, -0.15) is 0 Å². The van der Waals surface area contributed by atoms with Gasteiger partial charge in [-0.25, -0.2) is 18.2 Å². The van der Waals surface area contributed by atoms with E-state index < -0.39 is 23.9 Å². The summed E-state index contributed by atoms with van der Waals surface area (Å²) in [5.41, 5.74) is 3.50. The van der Waals surface area contributed by atoms with Gasteiger partial charge >= 0.3 is 0 Å². The molecule has 0 unspecified atom stereocenters. The second-order valence-corrected chi connectivity index (χ2v) is 7.82. The zero-order chi connectivity index (χ0) is 22.5. The summed E-state index contributed by atoms with van der Waals surface area (Å²) in [6.07, 6.45) is -0.148. The Labute approximate surface area is 178 Å². The molecule has 30 heavy (non-hydrogen) atoms. The number of benzene rings is 1. The van der Waals surface area contributed by atoms with Crippen molar-refractivity contribution in [3.63, 3.8) is 0 Å². The van der Waals surface area contributed by atoms with Gasteiger partial charge in [0.15, 0.2) is 15.8 Å². The van der Waals surface area contributed by atoms with E-state index >= 15 is 0 Å². The fourth-order valence-electron chi connectivity index (χ4n) is 2.79. The Hall–Kier alpha value is -2.50. The summed E-state index contributed by atoms with van der Waals surface area (Å²) in [7, 11) is 0. The summed E-state index contributed by atoms with van der Waals surface area (Å²) in [4.78, 5) is 28.4. The number of nitrogens with two attached hydrogens (primary N) is 1. The van der Waals surface area contributed by atoms with E-state index in [1.165, 1.54) is 17.5 Å². The summed E-state index contributed by atoms with van der Waals surface area (Å²) in [6, 6.07) is 3.59. The Morgan fingerprint density at radius 3 is 2.73 bits per heavy atom. The van der Waals surface area contributed by atoms with Gasteiger partial charge in [-0.15, -0.1) is 11.3 Å². The molecule has 1 aromatic heterocycles. The number of aromatic nitrogens is 1. The van der Waals surface area contributed by atoms with Crippen molar-refractivity contribution in [1.82, 2.24) is 4.98 Å². The Bertz CT molecular complexity index is 970. The van der Waals surface area contributed by atoms with Crippen LogP contribution in [-0.4, -0.2) is 47.3 Å². The standard InChI is InChI=1S/C17H15ClF3N3O2S.CH2O2/c1-16(17(20,21)8-26-6-14(22)24-16)10-4-9(2-3-11(10)19)5-13(25)12-7-27-15(18)23-12;2-1-3/h2-4,7H,5-6,8H2,1H3,(H2,22,24);1H,(H,2,3)/t16-;/m1./s1. The minimum Gasteiger partial charge on any atom is -0.483 e. The molecule has 1 aliphatic rings. The van der Waals surface area contributed by atoms with E-state index in [0.717, 1.165) is 24.3 Å². The molecule has 3 rings (SSSR count). The highest BCUT2D eigenvalue weighted by atomic mass is 35.5. The van der Waals surface area contributed by atoms with E-state index in [1.54, 1.807) is 0 Å². The molecule has 1 aliphatic heterocycles. The van der Waals surface area contributed by atoms with E-state index in [4.69, 9.17) is 32.0 Å². The number of nitrogens with zero attached hydrogens (tertiary/aromatic N) is 2. The summed E-state index contributed by atoms with van der Waals surface area (Å²) in [5.74, 6) is -4.89. The summed E-state index contributed by atoms with van der Waals surface area (Å²) < 4.78 is 48.9. The molecule has 0 amide bonds. The van der Waals surface area contributed by atoms with Crippen LogP contribution in [0.25, 0.3) is 0 Å². The highest BCUT2D eigenvalue weighted by Crippen LogP contribution is 2.43. The molecule has 162 valence electrons. The number of carbonyl (C=O) groups is 2. The van der Waals surface area contributed by atoms with Crippen LogP contribution in [0.4, 0.5) is 13.2 Å². The number of Topliss-reactive ketones (excluding diaryl/α,β-unsaturated/α-hetero) is 1. The second kappa shape index (κ2) is 9.54. The average molecular weight is 464 g/mol. The zero-order valence-electron chi connectivity index (χ0n) is 15.6. The third-order valence-electron chi connectivity index (χ3n) is 4.29. The molecule has 0 saturated heterocycles. The van der Waals surface area contributed by atoms with E-state index in [1.807, 2.05) is 0 Å². The molecule has 0 aliphatic carbocycles. The van der Waals surface area contributed by atoms with Crippen molar-refractivity contribution in [2.75, 3.05) is 13.2 Å². The van der Waals surface area contributed by atoms with Crippen molar-refractivity contribution >= 4 is 41.0 Å². The summed E-state index contributed by atoms with van der Waals surface area (Å²) in [6.45, 7) is -0.373. The lowest BCUT2D eigenvalue weighted by Gasteiger charge is -2.33. The Balaban J connectivity index is 0.00000101. The number of carbonyl (C=O) groups excluding carboxylic acids is 1. The van der Waals surface area contributed by atoms with Crippen LogP contribution in [0.5, 0.6) is 0 Å². The largest absolute Gasteiger partial charge is 0.483 e. The summed E-state index contributed by atoms with van der Waals surface area (Å²) in [5, 5.41) is 8.39. The fourth-order valence-corrected chi connectivity index (χ4v) is 3.56. The number of ether oxygens (including phenoxy) is 1. The predicted octanol–water partition coefficient (Wildman–Crippen LogP) is 3.30.